The fourth-order valence-corrected chi connectivity index (χ4v) is 7.11. The van der Waals surface area contributed by atoms with Gasteiger partial charge in [-0.05, 0) is 49.4 Å². The van der Waals surface area contributed by atoms with Crippen molar-refractivity contribution in [2.45, 2.75) is 70.7 Å². The van der Waals surface area contributed by atoms with Crippen molar-refractivity contribution in [1.82, 2.24) is 0 Å². The number of rotatable bonds is 1. The number of fused-ring (bicyclic) bond motifs is 2. The van der Waals surface area contributed by atoms with Crippen LogP contribution in [0.4, 0.5) is 0 Å². The van der Waals surface area contributed by atoms with E-state index >= 15 is 0 Å². The lowest BCUT2D eigenvalue weighted by Crippen LogP contribution is -2.63. The zero-order chi connectivity index (χ0) is 17.1. The molecular weight excluding hydrogens is 304 g/mol. The summed E-state index contributed by atoms with van der Waals surface area (Å²) in [4.78, 5) is 25.3. The predicted octanol–water partition coefficient (Wildman–Crippen LogP) is 3.05. The van der Waals surface area contributed by atoms with E-state index in [1.54, 1.807) is 0 Å². The zero-order valence-electron chi connectivity index (χ0n) is 14.8. The number of epoxide rings is 1. The van der Waals surface area contributed by atoms with Crippen molar-refractivity contribution < 1.29 is 19.1 Å². The molecule has 0 amide bonds. The second kappa shape index (κ2) is 3.98. The maximum absolute atomic E-state index is 12.7. The van der Waals surface area contributed by atoms with Crippen LogP contribution in [-0.4, -0.2) is 29.6 Å². The molecule has 0 radical (unpaired) electrons. The third-order valence-electron chi connectivity index (χ3n) is 8.43. The van der Waals surface area contributed by atoms with E-state index in [1.165, 1.54) is 0 Å². The van der Waals surface area contributed by atoms with E-state index in [4.69, 9.17) is 9.47 Å². The molecule has 0 bridgehead atoms. The molecule has 8 atom stereocenters. The lowest BCUT2D eigenvalue weighted by Gasteiger charge is -2.57. The van der Waals surface area contributed by atoms with Gasteiger partial charge in [-0.1, -0.05) is 19.9 Å². The SMILES string of the molecule is C=C[C@@]1(C)CC[C@@H]2[C@@]3(C)CCC(=O)[C@]4(C)C(=O)O[C@H]([C@H]5O[C@]52C1)[C@@H]43. The first kappa shape index (κ1) is 15.1. The molecule has 5 fully saturated rings. The van der Waals surface area contributed by atoms with Crippen LogP contribution in [0.5, 0.6) is 0 Å². The highest BCUT2D eigenvalue weighted by atomic mass is 16.7. The summed E-state index contributed by atoms with van der Waals surface area (Å²) >= 11 is 0. The Morgan fingerprint density at radius 3 is 2.67 bits per heavy atom. The average Bonchev–Trinajstić information content (AvgIpc) is 3.15. The minimum atomic E-state index is -0.963. The molecule has 2 saturated heterocycles. The summed E-state index contributed by atoms with van der Waals surface area (Å²) in [5, 5.41) is 0. The molecule has 0 aromatic rings. The standard InChI is InChI=1S/C20H26O4/c1-5-17(2)8-6-11-18(3)9-7-12(21)19(4)14(18)13(23-16(19)22)15-20(11,10-17)24-15/h5,11,13-15H,1,6-10H2,2-4H3/t11-,13+,14-,15-,17+,18-,19+,20+/m1/s1. The van der Waals surface area contributed by atoms with Gasteiger partial charge in [0.25, 0.3) is 0 Å². The second-order valence-electron chi connectivity index (χ2n) is 9.60. The fraction of sp³-hybridized carbons (Fsp3) is 0.800. The normalized spacial score (nSPS) is 60.6. The molecule has 3 aliphatic carbocycles. The Hall–Kier alpha value is -1.16. The molecule has 0 N–H and O–H groups in total. The molecule has 5 aliphatic rings. The summed E-state index contributed by atoms with van der Waals surface area (Å²) < 4.78 is 12.2. The van der Waals surface area contributed by atoms with Gasteiger partial charge in [0.1, 0.15) is 29.0 Å². The van der Waals surface area contributed by atoms with Crippen LogP contribution in [0.2, 0.25) is 0 Å². The predicted molar refractivity (Wildman–Crippen MR) is 87.1 cm³/mol. The first-order valence-electron chi connectivity index (χ1n) is 9.27. The van der Waals surface area contributed by atoms with Crippen LogP contribution >= 0.6 is 0 Å². The van der Waals surface area contributed by atoms with Gasteiger partial charge in [0.2, 0.25) is 0 Å². The number of carbonyl (C=O) groups excluding carboxylic acids is 2. The van der Waals surface area contributed by atoms with E-state index in [9.17, 15) is 9.59 Å². The highest BCUT2D eigenvalue weighted by Gasteiger charge is 2.83. The van der Waals surface area contributed by atoms with E-state index in [0.29, 0.717) is 12.3 Å². The first-order chi connectivity index (χ1) is 11.2. The van der Waals surface area contributed by atoms with Crippen LogP contribution in [0, 0.1) is 28.1 Å². The van der Waals surface area contributed by atoms with Gasteiger partial charge in [0.05, 0.1) is 0 Å². The summed E-state index contributed by atoms with van der Waals surface area (Å²) in [6, 6.07) is 0. The maximum Gasteiger partial charge on any atom is 0.320 e. The van der Waals surface area contributed by atoms with Crippen LogP contribution in [0.1, 0.15) is 52.9 Å². The summed E-state index contributed by atoms with van der Waals surface area (Å²) in [6.07, 6.45) is 6.27. The molecule has 0 aromatic heterocycles. The second-order valence-corrected chi connectivity index (χ2v) is 9.60. The van der Waals surface area contributed by atoms with Crippen LogP contribution in [0.15, 0.2) is 12.7 Å². The van der Waals surface area contributed by atoms with Crippen LogP contribution in [-0.2, 0) is 19.1 Å². The van der Waals surface area contributed by atoms with Crippen molar-refractivity contribution in [2.75, 3.05) is 0 Å². The molecule has 5 rings (SSSR count). The van der Waals surface area contributed by atoms with Crippen molar-refractivity contribution in [1.29, 1.82) is 0 Å². The van der Waals surface area contributed by atoms with Gasteiger partial charge in [-0.15, -0.1) is 6.58 Å². The number of ketones is 1. The van der Waals surface area contributed by atoms with E-state index in [0.717, 1.165) is 25.7 Å². The van der Waals surface area contributed by atoms with Gasteiger partial charge in [-0.2, -0.15) is 0 Å². The van der Waals surface area contributed by atoms with E-state index in [1.807, 2.05) is 6.92 Å². The van der Waals surface area contributed by atoms with Gasteiger partial charge < -0.3 is 9.47 Å². The van der Waals surface area contributed by atoms with Gasteiger partial charge in [-0.25, -0.2) is 0 Å². The average molecular weight is 330 g/mol. The monoisotopic (exact) mass is 330 g/mol. The van der Waals surface area contributed by atoms with Crippen molar-refractivity contribution >= 4 is 11.8 Å². The van der Waals surface area contributed by atoms with Crippen LogP contribution < -0.4 is 0 Å². The van der Waals surface area contributed by atoms with E-state index in [-0.39, 0.29) is 46.3 Å². The smallest absolute Gasteiger partial charge is 0.320 e. The highest BCUT2D eigenvalue weighted by Crippen LogP contribution is 2.74. The molecule has 3 saturated carbocycles. The Labute approximate surface area is 143 Å². The number of carbonyl (C=O) groups is 2. The summed E-state index contributed by atoms with van der Waals surface area (Å²) in [5.41, 5.74) is -1.11. The number of esters is 1. The van der Waals surface area contributed by atoms with Crippen molar-refractivity contribution in [3.05, 3.63) is 12.7 Å². The molecule has 130 valence electrons. The van der Waals surface area contributed by atoms with Crippen LogP contribution in [0.3, 0.4) is 0 Å². The summed E-state index contributed by atoms with van der Waals surface area (Å²) in [5.74, 6) is 0.130. The van der Waals surface area contributed by atoms with E-state index < -0.39 is 5.41 Å². The number of Topliss-reactive ketones (excluding diaryl/α,β-unsaturated/α-hetero) is 1. The number of hydrogen-bond donors (Lipinski definition) is 0. The Bertz CT molecular complexity index is 685. The van der Waals surface area contributed by atoms with Crippen molar-refractivity contribution in [2.24, 2.45) is 28.1 Å². The Balaban J connectivity index is 1.64. The minimum Gasteiger partial charge on any atom is -0.458 e. The van der Waals surface area contributed by atoms with Crippen molar-refractivity contribution in [3.63, 3.8) is 0 Å². The fourth-order valence-electron chi connectivity index (χ4n) is 7.11. The van der Waals surface area contributed by atoms with Gasteiger partial charge in [0.15, 0.2) is 0 Å². The van der Waals surface area contributed by atoms with E-state index in [2.05, 4.69) is 26.5 Å². The molecule has 4 heteroatoms. The summed E-state index contributed by atoms with van der Waals surface area (Å²) in [7, 11) is 0. The van der Waals surface area contributed by atoms with Gasteiger partial charge in [-0.3, -0.25) is 9.59 Å². The third-order valence-corrected chi connectivity index (χ3v) is 8.43. The lowest BCUT2D eigenvalue weighted by atomic mass is 9.43. The Morgan fingerprint density at radius 2 is 1.96 bits per heavy atom. The number of hydrogen-bond acceptors (Lipinski definition) is 4. The summed E-state index contributed by atoms with van der Waals surface area (Å²) in [6.45, 7) is 10.4. The molecule has 24 heavy (non-hydrogen) atoms. The van der Waals surface area contributed by atoms with Crippen molar-refractivity contribution in [3.8, 4) is 0 Å². The lowest BCUT2D eigenvalue weighted by molar-refractivity contribution is -0.157. The molecule has 4 nitrogen and oxygen atoms in total. The topological polar surface area (TPSA) is 55.9 Å². The highest BCUT2D eigenvalue weighted by molar-refractivity contribution is 6.06. The Kier molecular flexibility index (Phi) is 2.51. The molecule has 0 unspecified atom stereocenters. The number of ether oxygens (including phenoxy) is 2. The molecule has 2 heterocycles. The largest absolute Gasteiger partial charge is 0.458 e. The number of allylic oxidation sites excluding steroid dienone is 1. The Morgan fingerprint density at radius 1 is 1.21 bits per heavy atom. The van der Waals surface area contributed by atoms with Gasteiger partial charge in [0, 0.05) is 12.3 Å². The maximum atomic E-state index is 12.7. The van der Waals surface area contributed by atoms with Crippen LogP contribution in [0.25, 0.3) is 0 Å². The quantitative estimate of drug-likeness (QED) is 0.321. The van der Waals surface area contributed by atoms with Gasteiger partial charge >= 0.3 is 5.97 Å². The molecule has 2 aliphatic heterocycles. The first-order valence-corrected chi connectivity index (χ1v) is 9.27. The molecule has 1 spiro atoms. The zero-order valence-corrected chi connectivity index (χ0v) is 14.8. The molecular formula is C20H26O4. The third kappa shape index (κ3) is 1.39. The molecule has 0 aromatic carbocycles. The minimum absolute atomic E-state index is 0.0301.